The quantitative estimate of drug-likeness (QED) is 0.795. The average Bonchev–Trinajstić information content (AvgIpc) is 2.43. The molecule has 0 fully saturated rings. The van der Waals surface area contributed by atoms with Gasteiger partial charge in [-0.2, -0.15) is 0 Å². The third kappa shape index (κ3) is 4.39. The zero-order chi connectivity index (χ0) is 13.5. The van der Waals surface area contributed by atoms with Crippen LogP contribution in [0.5, 0.6) is 0 Å². The highest BCUT2D eigenvalue weighted by Crippen LogP contribution is 2.19. The van der Waals surface area contributed by atoms with E-state index in [2.05, 4.69) is 16.7 Å². The number of nitrogens with one attached hydrogen (secondary N) is 2. The van der Waals surface area contributed by atoms with E-state index in [1.54, 1.807) is 18.2 Å². The number of rotatable bonds is 4. The third-order valence-corrected chi connectivity index (χ3v) is 3.24. The van der Waals surface area contributed by atoms with Crippen LogP contribution in [-0.4, -0.2) is 12.6 Å². The minimum atomic E-state index is -0.423. The Kier molecular flexibility index (Phi) is 4.95. The molecule has 1 aliphatic carbocycles. The van der Waals surface area contributed by atoms with Crippen molar-refractivity contribution in [1.82, 2.24) is 5.32 Å². The van der Waals surface area contributed by atoms with Gasteiger partial charge in [0.25, 0.3) is 0 Å². The molecule has 3 nitrogen and oxygen atoms in total. The highest BCUT2D eigenvalue weighted by Gasteiger charge is 2.07. The van der Waals surface area contributed by atoms with E-state index in [9.17, 15) is 9.18 Å². The number of amides is 2. The normalized spacial score (nSPS) is 14.7. The van der Waals surface area contributed by atoms with Gasteiger partial charge in [0.1, 0.15) is 5.82 Å². The molecule has 0 aromatic heterocycles. The summed E-state index contributed by atoms with van der Waals surface area (Å²) in [6, 6.07) is 5.78. The molecule has 0 spiro atoms. The molecule has 0 atom stereocenters. The predicted octanol–water partition coefficient (Wildman–Crippen LogP) is 3.84. The lowest BCUT2D eigenvalue weighted by atomic mass is 9.97. The summed E-state index contributed by atoms with van der Waals surface area (Å²) in [4.78, 5) is 11.6. The fourth-order valence-electron chi connectivity index (χ4n) is 2.20. The summed E-state index contributed by atoms with van der Waals surface area (Å²) in [5.74, 6) is -0.423. The SMILES string of the molecule is O=C(NCCC1=CCCCC1)Nc1ccccc1F. The molecule has 2 N–H and O–H groups in total. The minimum absolute atomic E-state index is 0.205. The molecule has 1 aliphatic rings. The lowest BCUT2D eigenvalue weighted by Crippen LogP contribution is -2.30. The number of anilines is 1. The van der Waals surface area contributed by atoms with Crippen molar-refractivity contribution in [2.45, 2.75) is 32.1 Å². The lowest BCUT2D eigenvalue weighted by molar-refractivity contribution is 0.252. The van der Waals surface area contributed by atoms with Crippen molar-refractivity contribution in [3.8, 4) is 0 Å². The van der Waals surface area contributed by atoms with E-state index in [0.717, 1.165) is 19.3 Å². The van der Waals surface area contributed by atoms with Gasteiger partial charge in [0.15, 0.2) is 0 Å². The van der Waals surface area contributed by atoms with Crippen LogP contribution in [0.15, 0.2) is 35.9 Å². The Hall–Kier alpha value is -1.84. The largest absolute Gasteiger partial charge is 0.338 e. The molecule has 2 rings (SSSR count). The summed E-state index contributed by atoms with van der Waals surface area (Å²) in [6.45, 7) is 0.589. The number of hydrogen-bond acceptors (Lipinski definition) is 1. The van der Waals surface area contributed by atoms with Crippen LogP contribution < -0.4 is 10.6 Å². The average molecular weight is 262 g/mol. The van der Waals surface area contributed by atoms with Crippen molar-refractivity contribution in [2.75, 3.05) is 11.9 Å². The van der Waals surface area contributed by atoms with Gasteiger partial charge < -0.3 is 10.6 Å². The molecule has 0 radical (unpaired) electrons. The van der Waals surface area contributed by atoms with E-state index >= 15 is 0 Å². The Morgan fingerprint density at radius 1 is 1.26 bits per heavy atom. The summed E-state index contributed by atoms with van der Waals surface area (Å²) < 4.78 is 13.3. The van der Waals surface area contributed by atoms with Crippen LogP contribution in [0.25, 0.3) is 0 Å². The van der Waals surface area contributed by atoms with E-state index in [1.807, 2.05) is 0 Å². The van der Waals surface area contributed by atoms with E-state index < -0.39 is 5.82 Å². The topological polar surface area (TPSA) is 41.1 Å². The highest BCUT2D eigenvalue weighted by atomic mass is 19.1. The maximum Gasteiger partial charge on any atom is 0.319 e. The van der Waals surface area contributed by atoms with E-state index in [4.69, 9.17) is 0 Å². The van der Waals surface area contributed by atoms with Gasteiger partial charge in [-0.15, -0.1) is 0 Å². The first-order valence-electron chi connectivity index (χ1n) is 6.73. The van der Waals surface area contributed by atoms with Crippen LogP contribution in [0.1, 0.15) is 32.1 Å². The first-order valence-corrected chi connectivity index (χ1v) is 6.73. The highest BCUT2D eigenvalue weighted by molar-refractivity contribution is 5.89. The van der Waals surface area contributed by atoms with Gasteiger partial charge >= 0.3 is 6.03 Å². The summed E-state index contributed by atoms with van der Waals surface area (Å²) in [5.41, 5.74) is 1.62. The fraction of sp³-hybridized carbons (Fsp3) is 0.400. The Labute approximate surface area is 112 Å². The molecule has 0 heterocycles. The smallest absolute Gasteiger partial charge is 0.319 e. The zero-order valence-corrected chi connectivity index (χ0v) is 10.9. The molecular weight excluding hydrogens is 243 g/mol. The second kappa shape index (κ2) is 6.92. The van der Waals surface area contributed by atoms with Gasteiger partial charge in [-0.1, -0.05) is 23.8 Å². The van der Waals surface area contributed by atoms with Crippen LogP contribution in [0.2, 0.25) is 0 Å². The maximum atomic E-state index is 13.3. The van der Waals surface area contributed by atoms with Gasteiger partial charge in [0, 0.05) is 6.54 Å². The second-order valence-electron chi connectivity index (χ2n) is 4.72. The first-order chi connectivity index (χ1) is 9.25. The van der Waals surface area contributed by atoms with E-state index in [1.165, 1.54) is 24.5 Å². The Morgan fingerprint density at radius 2 is 2.11 bits per heavy atom. The summed E-state index contributed by atoms with van der Waals surface area (Å²) >= 11 is 0. The van der Waals surface area contributed by atoms with Crippen molar-refractivity contribution >= 4 is 11.7 Å². The molecule has 4 heteroatoms. The van der Waals surface area contributed by atoms with Crippen LogP contribution in [0.3, 0.4) is 0 Å². The molecular formula is C15H19FN2O. The molecule has 0 aliphatic heterocycles. The Balaban J connectivity index is 1.73. The van der Waals surface area contributed by atoms with Crippen LogP contribution in [0, 0.1) is 5.82 Å². The van der Waals surface area contributed by atoms with Gasteiger partial charge in [-0.25, -0.2) is 9.18 Å². The van der Waals surface area contributed by atoms with Crippen LogP contribution in [0.4, 0.5) is 14.9 Å². The maximum absolute atomic E-state index is 13.3. The Bertz CT molecular complexity index is 471. The fourth-order valence-corrected chi connectivity index (χ4v) is 2.20. The molecule has 0 saturated carbocycles. The molecule has 0 bridgehead atoms. The molecule has 0 saturated heterocycles. The number of para-hydroxylation sites is 1. The van der Waals surface area contributed by atoms with Crippen molar-refractivity contribution in [2.24, 2.45) is 0 Å². The van der Waals surface area contributed by atoms with Crippen molar-refractivity contribution in [1.29, 1.82) is 0 Å². The van der Waals surface area contributed by atoms with Gasteiger partial charge in [-0.3, -0.25) is 0 Å². The zero-order valence-electron chi connectivity index (χ0n) is 10.9. The Morgan fingerprint density at radius 3 is 2.84 bits per heavy atom. The number of carbonyl (C=O) groups is 1. The minimum Gasteiger partial charge on any atom is -0.338 e. The van der Waals surface area contributed by atoms with Crippen molar-refractivity contribution in [3.63, 3.8) is 0 Å². The predicted molar refractivity (Wildman–Crippen MR) is 74.6 cm³/mol. The number of hydrogen-bond donors (Lipinski definition) is 2. The molecule has 102 valence electrons. The summed E-state index contributed by atoms with van der Waals surface area (Å²) in [5, 5.41) is 5.25. The number of carbonyl (C=O) groups excluding carboxylic acids is 1. The summed E-state index contributed by atoms with van der Waals surface area (Å²) in [7, 11) is 0. The number of benzene rings is 1. The second-order valence-corrected chi connectivity index (χ2v) is 4.72. The standard InChI is InChI=1S/C15H19FN2O/c16-13-8-4-5-9-14(13)18-15(19)17-11-10-12-6-2-1-3-7-12/h4-6,8-9H,1-3,7,10-11H2,(H2,17,18,19). The number of urea groups is 1. The number of allylic oxidation sites excluding steroid dienone is 1. The summed E-state index contributed by atoms with van der Waals surface area (Å²) in [6.07, 6.45) is 7.94. The van der Waals surface area contributed by atoms with Crippen molar-refractivity contribution < 1.29 is 9.18 Å². The van der Waals surface area contributed by atoms with Crippen LogP contribution >= 0.6 is 0 Å². The molecule has 1 aromatic rings. The molecule has 19 heavy (non-hydrogen) atoms. The lowest BCUT2D eigenvalue weighted by Gasteiger charge is -2.13. The van der Waals surface area contributed by atoms with E-state index in [-0.39, 0.29) is 11.7 Å². The monoisotopic (exact) mass is 262 g/mol. The van der Waals surface area contributed by atoms with E-state index in [0.29, 0.717) is 6.54 Å². The number of halogens is 1. The van der Waals surface area contributed by atoms with Crippen molar-refractivity contribution in [3.05, 3.63) is 41.7 Å². The van der Waals surface area contributed by atoms with Gasteiger partial charge in [-0.05, 0) is 44.2 Å². The van der Waals surface area contributed by atoms with Gasteiger partial charge in [0.2, 0.25) is 0 Å². The third-order valence-electron chi connectivity index (χ3n) is 3.24. The van der Waals surface area contributed by atoms with Gasteiger partial charge in [0.05, 0.1) is 5.69 Å². The molecule has 1 aromatic carbocycles. The first kappa shape index (κ1) is 13.6. The molecule has 2 amide bonds. The van der Waals surface area contributed by atoms with Crippen LogP contribution in [-0.2, 0) is 0 Å². The molecule has 0 unspecified atom stereocenters.